The molecule has 0 spiro atoms. The van der Waals surface area contributed by atoms with Crippen LogP contribution in [0.2, 0.25) is 0 Å². The van der Waals surface area contributed by atoms with E-state index in [1.807, 2.05) is 6.92 Å². The molecule has 1 rings (SSSR count). The predicted octanol–water partition coefficient (Wildman–Crippen LogP) is 2.26. The molecule has 1 heterocycles. The minimum atomic E-state index is -2.34. The van der Waals surface area contributed by atoms with Gasteiger partial charge in [-0.1, -0.05) is 13.8 Å². The SMILES string of the molecule is Cc1nc(CNCC(F)F)ncc1C(C)C. The first kappa shape index (κ1) is 13.0. The summed E-state index contributed by atoms with van der Waals surface area (Å²) in [5, 5.41) is 2.60. The maximum absolute atomic E-state index is 11.9. The molecular formula is C11H17F2N3. The fourth-order valence-corrected chi connectivity index (χ4v) is 1.47. The van der Waals surface area contributed by atoms with E-state index in [4.69, 9.17) is 0 Å². The Morgan fingerprint density at radius 3 is 2.56 bits per heavy atom. The topological polar surface area (TPSA) is 37.8 Å². The molecule has 0 amide bonds. The lowest BCUT2D eigenvalue weighted by atomic mass is 10.0. The summed E-state index contributed by atoms with van der Waals surface area (Å²) in [4.78, 5) is 8.41. The van der Waals surface area contributed by atoms with Gasteiger partial charge in [-0.15, -0.1) is 0 Å². The number of hydrogen-bond acceptors (Lipinski definition) is 3. The van der Waals surface area contributed by atoms with Crippen LogP contribution in [0.25, 0.3) is 0 Å². The summed E-state index contributed by atoms with van der Waals surface area (Å²) in [5.74, 6) is 0.936. The van der Waals surface area contributed by atoms with Crippen molar-refractivity contribution in [3.8, 4) is 0 Å². The van der Waals surface area contributed by atoms with Crippen LogP contribution in [0.1, 0.15) is 36.8 Å². The van der Waals surface area contributed by atoms with Crippen LogP contribution < -0.4 is 5.32 Å². The second kappa shape index (κ2) is 5.84. The minimum Gasteiger partial charge on any atom is -0.304 e. The van der Waals surface area contributed by atoms with E-state index in [9.17, 15) is 8.78 Å². The summed E-state index contributed by atoms with van der Waals surface area (Å²) in [5.41, 5.74) is 2.01. The van der Waals surface area contributed by atoms with E-state index >= 15 is 0 Å². The van der Waals surface area contributed by atoms with Gasteiger partial charge in [-0.25, -0.2) is 18.7 Å². The van der Waals surface area contributed by atoms with Crippen molar-refractivity contribution < 1.29 is 8.78 Å². The van der Waals surface area contributed by atoms with Gasteiger partial charge in [0.05, 0.1) is 13.1 Å². The average molecular weight is 229 g/mol. The molecule has 0 aliphatic heterocycles. The Morgan fingerprint density at radius 2 is 2.06 bits per heavy atom. The van der Waals surface area contributed by atoms with E-state index in [0.717, 1.165) is 11.3 Å². The fourth-order valence-electron chi connectivity index (χ4n) is 1.47. The lowest BCUT2D eigenvalue weighted by Crippen LogP contribution is -2.22. The summed E-state index contributed by atoms with van der Waals surface area (Å²) in [6.07, 6.45) is -0.567. The molecule has 1 aromatic heterocycles. The largest absolute Gasteiger partial charge is 0.304 e. The lowest BCUT2D eigenvalue weighted by Gasteiger charge is -2.10. The zero-order chi connectivity index (χ0) is 12.1. The second-order valence-corrected chi connectivity index (χ2v) is 4.00. The zero-order valence-corrected chi connectivity index (χ0v) is 9.80. The molecule has 0 saturated heterocycles. The van der Waals surface area contributed by atoms with Crippen LogP contribution in [0, 0.1) is 6.92 Å². The molecule has 0 bridgehead atoms. The van der Waals surface area contributed by atoms with E-state index in [1.165, 1.54) is 0 Å². The number of rotatable bonds is 5. The monoisotopic (exact) mass is 229 g/mol. The van der Waals surface area contributed by atoms with Gasteiger partial charge in [0.1, 0.15) is 5.82 Å². The number of halogens is 2. The third-order valence-electron chi connectivity index (χ3n) is 2.27. The Balaban J connectivity index is 2.59. The van der Waals surface area contributed by atoms with E-state index in [0.29, 0.717) is 11.7 Å². The third-order valence-corrected chi connectivity index (χ3v) is 2.27. The number of aryl methyl sites for hydroxylation is 1. The molecule has 0 saturated carbocycles. The van der Waals surface area contributed by atoms with Crippen molar-refractivity contribution in [2.24, 2.45) is 0 Å². The highest BCUT2D eigenvalue weighted by Crippen LogP contribution is 2.15. The second-order valence-electron chi connectivity index (χ2n) is 4.00. The van der Waals surface area contributed by atoms with Gasteiger partial charge in [0.2, 0.25) is 0 Å². The van der Waals surface area contributed by atoms with Crippen LogP contribution in [0.3, 0.4) is 0 Å². The van der Waals surface area contributed by atoms with Gasteiger partial charge in [0, 0.05) is 11.9 Å². The smallest absolute Gasteiger partial charge is 0.250 e. The highest BCUT2D eigenvalue weighted by Gasteiger charge is 2.07. The highest BCUT2D eigenvalue weighted by molar-refractivity contribution is 5.19. The van der Waals surface area contributed by atoms with Gasteiger partial charge < -0.3 is 5.32 Å². The minimum absolute atomic E-state index is 0.281. The Labute approximate surface area is 94.3 Å². The maximum Gasteiger partial charge on any atom is 0.250 e. The van der Waals surface area contributed by atoms with Crippen LogP contribution in [-0.4, -0.2) is 22.9 Å². The summed E-state index contributed by atoms with van der Waals surface area (Å²) in [7, 11) is 0. The molecule has 0 fully saturated rings. The Morgan fingerprint density at radius 1 is 1.38 bits per heavy atom. The molecule has 3 nitrogen and oxygen atoms in total. The van der Waals surface area contributed by atoms with Gasteiger partial charge in [0.15, 0.2) is 0 Å². The number of aromatic nitrogens is 2. The van der Waals surface area contributed by atoms with Crippen molar-refractivity contribution in [3.63, 3.8) is 0 Å². The fraction of sp³-hybridized carbons (Fsp3) is 0.636. The van der Waals surface area contributed by atoms with E-state index < -0.39 is 6.43 Å². The zero-order valence-electron chi connectivity index (χ0n) is 9.80. The first-order valence-corrected chi connectivity index (χ1v) is 5.32. The van der Waals surface area contributed by atoms with Crippen LogP contribution in [0.5, 0.6) is 0 Å². The van der Waals surface area contributed by atoms with E-state index in [-0.39, 0.29) is 13.1 Å². The van der Waals surface area contributed by atoms with Crippen molar-refractivity contribution in [3.05, 3.63) is 23.3 Å². The van der Waals surface area contributed by atoms with Crippen molar-refractivity contribution in [1.82, 2.24) is 15.3 Å². The molecule has 0 aliphatic rings. The van der Waals surface area contributed by atoms with Crippen LogP contribution >= 0.6 is 0 Å². The summed E-state index contributed by atoms with van der Waals surface area (Å²) >= 11 is 0. The molecule has 0 atom stereocenters. The van der Waals surface area contributed by atoms with E-state index in [2.05, 4.69) is 29.1 Å². The third kappa shape index (κ3) is 3.81. The van der Waals surface area contributed by atoms with Crippen LogP contribution in [0.15, 0.2) is 6.20 Å². The molecule has 16 heavy (non-hydrogen) atoms. The molecule has 90 valence electrons. The molecule has 1 N–H and O–H groups in total. The van der Waals surface area contributed by atoms with Gasteiger partial charge in [-0.05, 0) is 18.4 Å². The Hall–Kier alpha value is -1.10. The molecule has 5 heteroatoms. The number of hydrogen-bond donors (Lipinski definition) is 1. The quantitative estimate of drug-likeness (QED) is 0.841. The standard InChI is InChI=1S/C11H17F2N3/c1-7(2)9-4-15-11(16-8(9)3)6-14-5-10(12)13/h4,7,10,14H,5-6H2,1-3H3. The normalized spacial score (nSPS) is 11.4. The Bertz CT molecular complexity index is 340. The van der Waals surface area contributed by atoms with Crippen molar-refractivity contribution in [1.29, 1.82) is 0 Å². The molecule has 0 unspecified atom stereocenters. The number of nitrogens with zero attached hydrogens (tertiary/aromatic N) is 2. The van der Waals surface area contributed by atoms with Crippen LogP contribution in [-0.2, 0) is 6.54 Å². The maximum atomic E-state index is 11.9. The van der Waals surface area contributed by atoms with Crippen molar-refractivity contribution >= 4 is 0 Å². The summed E-state index contributed by atoms with van der Waals surface area (Å²) in [6, 6.07) is 0. The van der Waals surface area contributed by atoms with E-state index in [1.54, 1.807) is 6.20 Å². The van der Waals surface area contributed by atoms with Gasteiger partial charge in [-0.2, -0.15) is 0 Å². The molecule has 0 aliphatic carbocycles. The predicted molar refractivity (Wildman–Crippen MR) is 58.6 cm³/mol. The van der Waals surface area contributed by atoms with Gasteiger partial charge in [-0.3, -0.25) is 0 Å². The lowest BCUT2D eigenvalue weighted by molar-refractivity contribution is 0.145. The average Bonchev–Trinajstić information content (AvgIpc) is 2.16. The number of alkyl halides is 2. The Kier molecular flexibility index (Phi) is 4.73. The first-order chi connectivity index (χ1) is 7.50. The van der Waals surface area contributed by atoms with Gasteiger partial charge >= 0.3 is 0 Å². The highest BCUT2D eigenvalue weighted by atomic mass is 19.3. The first-order valence-electron chi connectivity index (χ1n) is 5.32. The van der Waals surface area contributed by atoms with Crippen LogP contribution in [0.4, 0.5) is 8.78 Å². The molecule has 0 radical (unpaired) electrons. The van der Waals surface area contributed by atoms with Gasteiger partial charge in [0.25, 0.3) is 6.43 Å². The summed E-state index contributed by atoms with van der Waals surface area (Å²) in [6.45, 7) is 6.01. The van der Waals surface area contributed by atoms with Crippen molar-refractivity contribution in [2.75, 3.05) is 6.54 Å². The molecule has 0 aromatic carbocycles. The molecular weight excluding hydrogens is 212 g/mol. The summed E-state index contributed by atoms with van der Waals surface area (Å²) < 4.78 is 23.8. The molecule has 1 aromatic rings. The number of nitrogens with one attached hydrogen (secondary N) is 1. The van der Waals surface area contributed by atoms with Crippen molar-refractivity contribution in [2.45, 2.75) is 39.7 Å².